The smallest absolute Gasteiger partial charge is 0.453 e. The summed E-state index contributed by atoms with van der Waals surface area (Å²) in [6, 6.07) is 12.6. The highest BCUT2D eigenvalue weighted by atomic mass is 35.5. The lowest BCUT2D eigenvalue weighted by molar-refractivity contribution is -0.210. The molecule has 0 bridgehead atoms. The van der Waals surface area contributed by atoms with Crippen LogP contribution in [0, 0.1) is 0 Å². The molecule has 2 aliphatic carbocycles. The third-order valence-electron chi connectivity index (χ3n) is 8.14. The fourth-order valence-electron chi connectivity index (χ4n) is 5.82. The molecule has 5 rings (SSSR count). The number of carbonyl (C=O) groups is 2. The Bertz CT molecular complexity index is 1180. The maximum atomic E-state index is 13.5. The summed E-state index contributed by atoms with van der Waals surface area (Å²) in [6.07, 6.45) is 8.54. The van der Waals surface area contributed by atoms with Crippen LogP contribution in [0.5, 0.6) is 11.5 Å². The Labute approximate surface area is 246 Å². The molecule has 0 saturated heterocycles. The molecule has 222 valence electrons. The maximum absolute atomic E-state index is 13.5. The van der Waals surface area contributed by atoms with E-state index in [0.717, 1.165) is 75.3 Å². The highest BCUT2D eigenvalue weighted by Crippen LogP contribution is 2.42. The summed E-state index contributed by atoms with van der Waals surface area (Å²) in [4.78, 5) is 27.0. The van der Waals surface area contributed by atoms with Gasteiger partial charge < -0.3 is 29.4 Å². The number of carbonyl (C=O) groups excluding carboxylic acids is 2. The van der Waals surface area contributed by atoms with Gasteiger partial charge in [0.2, 0.25) is 0 Å². The fraction of sp³-hybridized carbons (Fsp3) is 0.562. The van der Waals surface area contributed by atoms with Gasteiger partial charge in [0.1, 0.15) is 12.2 Å². The van der Waals surface area contributed by atoms with Gasteiger partial charge in [-0.25, -0.2) is 9.59 Å². The van der Waals surface area contributed by atoms with E-state index < -0.39 is 23.8 Å². The molecule has 3 aliphatic rings. The third-order valence-corrected chi connectivity index (χ3v) is 8.37. The van der Waals surface area contributed by atoms with E-state index in [4.69, 9.17) is 30.5 Å². The molecule has 0 unspecified atom stereocenters. The van der Waals surface area contributed by atoms with Crippen LogP contribution >= 0.6 is 11.6 Å². The number of rotatable bonds is 10. The van der Waals surface area contributed by atoms with Crippen LogP contribution < -0.4 is 14.8 Å². The molecule has 0 spiro atoms. The average Bonchev–Trinajstić information content (AvgIpc) is 3.37. The maximum Gasteiger partial charge on any atom is 0.453 e. The first kappa shape index (κ1) is 29.7. The normalized spacial score (nSPS) is 20.3. The SMILES string of the molecule is C[C@H](Cc1ccc2c(c1)OC(C(=O)OC1CCCCC1)(C(=O)OC1CCCCC1)O2)NC[C@H](O)c1cccc(Cl)c1. The quantitative estimate of drug-likeness (QED) is 0.266. The number of halogens is 1. The number of hydrogen-bond acceptors (Lipinski definition) is 8. The molecule has 1 heterocycles. The van der Waals surface area contributed by atoms with E-state index in [2.05, 4.69) is 5.32 Å². The van der Waals surface area contributed by atoms with E-state index in [-0.39, 0.29) is 18.2 Å². The molecule has 9 heteroatoms. The second-order valence-corrected chi connectivity index (χ2v) is 12.0. The highest BCUT2D eigenvalue weighted by molar-refractivity contribution is 6.30. The van der Waals surface area contributed by atoms with Gasteiger partial charge in [-0.1, -0.05) is 42.6 Å². The molecular formula is C32H40ClNO7. The minimum Gasteiger partial charge on any atom is -0.456 e. The van der Waals surface area contributed by atoms with E-state index in [1.165, 1.54) is 0 Å². The van der Waals surface area contributed by atoms with Gasteiger partial charge in [0, 0.05) is 17.6 Å². The number of benzene rings is 2. The van der Waals surface area contributed by atoms with Crippen LogP contribution in [-0.4, -0.2) is 47.6 Å². The summed E-state index contributed by atoms with van der Waals surface area (Å²) in [5.41, 5.74) is 1.67. The van der Waals surface area contributed by atoms with Crippen LogP contribution in [0.25, 0.3) is 0 Å². The van der Waals surface area contributed by atoms with Crippen LogP contribution in [0.2, 0.25) is 5.02 Å². The number of fused-ring (bicyclic) bond motifs is 1. The van der Waals surface area contributed by atoms with Crippen LogP contribution in [0.15, 0.2) is 42.5 Å². The van der Waals surface area contributed by atoms with E-state index in [0.29, 0.717) is 29.5 Å². The van der Waals surface area contributed by atoms with Gasteiger partial charge in [-0.15, -0.1) is 0 Å². The Balaban J connectivity index is 1.25. The molecule has 0 radical (unpaired) electrons. The molecule has 0 aromatic heterocycles. The van der Waals surface area contributed by atoms with Gasteiger partial charge in [0.25, 0.3) is 0 Å². The van der Waals surface area contributed by atoms with Crippen molar-refractivity contribution in [1.29, 1.82) is 0 Å². The predicted octanol–water partition coefficient (Wildman–Crippen LogP) is 5.81. The van der Waals surface area contributed by atoms with Crippen molar-refractivity contribution in [3.8, 4) is 11.5 Å². The minimum atomic E-state index is -2.30. The molecule has 0 amide bonds. The molecule has 2 atom stereocenters. The minimum absolute atomic E-state index is 0.0153. The van der Waals surface area contributed by atoms with E-state index >= 15 is 0 Å². The summed E-state index contributed by atoms with van der Waals surface area (Å²) < 4.78 is 23.6. The topological polar surface area (TPSA) is 103 Å². The zero-order chi connectivity index (χ0) is 28.8. The number of esters is 2. The summed E-state index contributed by atoms with van der Waals surface area (Å²) >= 11 is 6.05. The summed E-state index contributed by atoms with van der Waals surface area (Å²) in [5.74, 6) is -3.41. The van der Waals surface area contributed by atoms with E-state index in [9.17, 15) is 14.7 Å². The second-order valence-electron chi connectivity index (χ2n) is 11.5. The molecule has 41 heavy (non-hydrogen) atoms. The summed E-state index contributed by atoms with van der Waals surface area (Å²) in [7, 11) is 0. The van der Waals surface area contributed by atoms with Crippen molar-refractivity contribution in [3.05, 3.63) is 58.6 Å². The Hall–Kier alpha value is -2.81. The Kier molecular flexibility index (Phi) is 9.73. The molecule has 2 aromatic carbocycles. The number of aliphatic hydroxyl groups is 1. The van der Waals surface area contributed by atoms with Crippen molar-refractivity contribution < 1.29 is 33.6 Å². The van der Waals surface area contributed by atoms with Crippen molar-refractivity contribution in [3.63, 3.8) is 0 Å². The number of nitrogens with one attached hydrogen (secondary N) is 1. The Morgan fingerprint density at radius 2 is 1.54 bits per heavy atom. The molecule has 2 aromatic rings. The number of aliphatic hydroxyl groups excluding tert-OH is 1. The van der Waals surface area contributed by atoms with Crippen LogP contribution in [0.3, 0.4) is 0 Å². The van der Waals surface area contributed by atoms with Gasteiger partial charge in [-0.05, 0) is 100 Å². The van der Waals surface area contributed by atoms with Crippen molar-refractivity contribution in [1.82, 2.24) is 5.32 Å². The first-order valence-corrected chi connectivity index (χ1v) is 15.3. The standard InChI is InChI=1S/C32H40ClNO7/c1-21(34-20-27(35)23-9-8-10-24(33)19-23)17-22-15-16-28-29(18-22)41-32(40-28,30(36)38-25-11-4-2-5-12-25)31(37)39-26-13-6-3-7-14-26/h8-10,15-16,18-19,21,25-27,34-35H,2-7,11-14,17,20H2,1H3/t21-,27+/m1/s1. The molecule has 2 fully saturated rings. The Morgan fingerprint density at radius 1 is 0.927 bits per heavy atom. The zero-order valence-corrected chi connectivity index (χ0v) is 24.4. The largest absolute Gasteiger partial charge is 0.456 e. The molecule has 2 N–H and O–H groups in total. The van der Waals surface area contributed by atoms with Crippen molar-refractivity contribution in [2.75, 3.05) is 6.54 Å². The van der Waals surface area contributed by atoms with Gasteiger partial charge in [-0.2, -0.15) is 0 Å². The van der Waals surface area contributed by atoms with Crippen molar-refractivity contribution >= 4 is 23.5 Å². The lowest BCUT2D eigenvalue weighted by Crippen LogP contribution is -2.57. The molecule has 8 nitrogen and oxygen atoms in total. The lowest BCUT2D eigenvalue weighted by Gasteiger charge is -2.30. The second kappa shape index (κ2) is 13.4. The van der Waals surface area contributed by atoms with Gasteiger partial charge in [0.15, 0.2) is 11.5 Å². The third kappa shape index (κ3) is 7.34. The van der Waals surface area contributed by atoms with Crippen molar-refractivity contribution in [2.24, 2.45) is 0 Å². The van der Waals surface area contributed by atoms with E-state index in [1.54, 1.807) is 24.3 Å². The number of ether oxygens (including phenoxy) is 4. The summed E-state index contributed by atoms with van der Waals surface area (Å²) in [5, 5.41) is 14.5. The fourth-order valence-corrected chi connectivity index (χ4v) is 6.02. The first-order chi connectivity index (χ1) is 19.8. The van der Waals surface area contributed by atoms with Crippen LogP contribution in [0.1, 0.15) is 88.4 Å². The average molecular weight is 586 g/mol. The monoisotopic (exact) mass is 585 g/mol. The summed E-state index contributed by atoms with van der Waals surface area (Å²) in [6.45, 7) is 2.37. The van der Waals surface area contributed by atoms with Crippen molar-refractivity contribution in [2.45, 2.75) is 108 Å². The molecule has 2 saturated carbocycles. The predicted molar refractivity (Wildman–Crippen MR) is 154 cm³/mol. The first-order valence-electron chi connectivity index (χ1n) is 14.9. The van der Waals surface area contributed by atoms with Crippen LogP contribution in [-0.2, 0) is 25.5 Å². The van der Waals surface area contributed by atoms with Gasteiger partial charge >= 0.3 is 17.7 Å². The molecular weight excluding hydrogens is 546 g/mol. The van der Waals surface area contributed by atoms with Crippen LogP contribution in [0.4, 0.5) is 0 Å². The lowest BCUT2D eigenvalue weighted by atomic mass is 9.97. The van der Waals surface area contributed by atoms with Gasteiger partial charge in [-0.3, -0.25) is 0 Å². The zero-order valence-electron chi connectivity index (χ0n) is 23.6. The molecule has 1 aliphatic heterocycles. The van der Waals surface area contributed by atoms with Gasteiger partial charge in [0.05, 0.1) is 6.10 Å². The number of hydrogen-bond donors (Lipinski definition) is 2. The van der Waals surface area contributed by atoms with E-state index in [1.807, 2.05) is 25.1 Å². The Morgan fingerprint density at radius 3 is 2.15 bits per heavy atom. The highest BCUT2D eigenvalue weighted by Gasteiger charge is 2.60.